The number of likely N-dealkylation sites (tertiary alicyclic amines) is 1. The van der Waals surface area contributed by atoms with Crippen LogP contribution in [0.3, 0.4) is 0 Å². The molecule has 0 saturated carbocycles. The van der Waals surface area contributed by atoms with E-state index in [9.17, 15) is 27.2 Å². The second-order valence-electron chi connectivity index (χ2n) is 10.9. The van der Waals surface area contributed by atoms with Gasteiger partial charge in [0.15, 0.2) is 29.1 Å². The summed E-state index contributed by atoms with van der Waals surface area (Å²) in [4.78, 5) is 38.1. The number of amides is 1. The summed E-state index contributed by atoms with van der Waals surface area (Å²) in [5.41, 5.74) is 2.60. The Morgan fingerprint density at radius 1 is 1.02 bits per heavy atom. The zero-order valence-electron chi connectivity index (χ0n) is 22.5. The van der Waals surface area contributed by atoms with Gasteiger partial charge in [0.2, 0.25) is 0 Å². The van der Waals surface area contributed by atoms with Crippen LogP contribution in [-0.4, -0.2) is 63.7 Å². The number of Topliss-reactive ketones (excluding diaryl/α,β-unsaturated/α-hetero) is 1. The Balaban J connectivity index is 1.24. The lowest BCUT2D eigenvalue weighted by atomic mass is 9.98. The van der Waals surface area contributed by atoms with Gasteiger partial charge >= 0.3 is 0 Å². The topological polar surface area (TPSA) is 81.3 Å². The lowest BCUT2D eigenvalue weighted by molar-refractivity contribution is -0.113. The number of aromatic amines is 1. The van der Waals surface area contributed by atoms with Crippen LogP contribution >= 0.6 is 0 Å². The molecule has 2 aromatic carbocycles. The molecule has 3 aliphatic rings. The lowest BCUT2D eigenvalue weighted by Gasteiger charge is -2.21. The van der Waals surface area contributed by atoms with Crippen LogP contribution in [0.4, 0.5) is 17.6 Å². The van der Waals surface area contributed by atoms with Crippen molar-refractivity contribution in [2.75, 3.05) is 26.2 Å². The first kappa shape index (κ1) is 27.2. The van der Waals surface area contributed by atoms with Gasteiger partial charge in [-0.3, -0.25) is 9.59 Å². The van der Waals surface area contributed by atoms with Crippen molar-refractivity contribution >= 4 is 28.3 Å². The maximum absolute atomic E-state index is 14.2. The highest BCUT2D eigenvalue weighted by Crippen LogP contribution is 2.30. The molecule has 0 unspecified atom stereocenters. The van der Waals surface area contributed by atoms with Crippen LogP contribution in [0.2, 0.25) is 0 Å². The lowest BCUT2D eigenvalue weighted by Crippen LogP contribution is -2.33. The number of nitrogens with one attached hydrogen (secondary N) is 2. The van der Waals surface area contributed by atoms with Crippen LogP contribution < -0.4 is 5.32 Å². The van der Waals surface area contributed by atoms with E-state index < -0.39 is 34.9 Å². The van der Waals surface area contributed by atoms with E-state index in [1.165, 1.54) is 12.8 Å². The molecule has 6 rings (SSSR count). The minimum absolute atomic E-state index is 0.0361. The molecule has 2 N–H and O–H groups in total. The third-order valence-corrected chi connectivity index (χ3v) is 7.96. The Morgan fingerprint density at radius 3 is 2.49 bits per heavy atom. The number of allylic oxidation sites excluding steroid dienone is 3. The summed E-state index contributed by atoms with van der Waals surface area (Å²) in [6.45, 7) is 5.75. The summed E-state index contributed by atoms with van der Waals surface area (Å²) < 4.78 is 55.9. The second kappa shape index (κ2) is 10.8. The fourth-order valence-electron chi connectivity index (χ4n) is 5.87. The molecule has 1 saturated heterocycles. The molecule has 11 heteroatoms. The molecular weight excluding hydrogens is 538 g/mol. The highest BCUT2D eigenvalue weighted by Gasteiger charge is 2.30. The highest BCUT2D eigenvalue weighted by molar-refractivity contribution is 6.22. The van der Waals surface area contributed by atoms with Gasteiger partial charge in [0.25, 0.3) is 5.91 Å². The Hall–Kier alpha value is -3.99. The monoisotopic (exact) mass is 567 g/mol. The largest absolute Gasteiger partial charge is 0.382 e. The first-order valence-corrected chi connectivity index (χ1v) is 13.8. The molecule has 0 spiro atoms. The van der Waals surface area contributed by atoms with E-state index in [1.54, 1.807) is 25.1 Å². The van der Waals surface area contributed by atoms with Crippen molar-refractivity contribution in [1.82, 2.24) is 25.1 Å². The standard InChI is InChI=1S/C30H29F4N5O2/c1-16(11-19-27(33)20(31)14-21(32)28(19)34)35-22-5-4-6-25(40)26(22)29-36-23-12-17-15-39(10-9-38-7-2-3-8-38)30(41)18(17)13-24(23)37-29/h4-5,12-14,16,35H,2-3,6-11,15H2,1H3,(H,36,37)/t16-/m0/s1. The number of hydrogen-bond donors (Lipinski definition) is 2. The van der Waals surface area contributed by atoms with Gasteiger partial charge in [0.05, 0.1) is 16.6 Å². The predicted octanol–water partition coefficient (Wildman–Crippen LogP) is 4.63. The second-order valence-corrected chi connectivity index (χ2v) is 10.9. The van der Waals surface area contributed by atoms with Crippen LogP contribution in [0.25, 0.3) is 16.6 Å². The number of carbonyl (C=O) groups excluding carboxylic acids is 2. The van der Waals surface area contributed by atoms with Crippen molar-refractivity contribution in [3.63, 3.8) is 0 Å². The normalized spacial score (nSPS) is 18.2. The summed E-state index contributed by atoms with van der Waals surface area (Å²) >= 11 is 0. The van der Waals surface area contributed by atoms with Gasteiger partial charge in [0.1, 0.15) is 5.82 Å². The smallest absolute Gasteiger partial charge is 0.254 e. The number of carbonyl (C=O) groups is 2. The number of hydrogen-bond acceptors (Lipinski definition) is 5. The SMILES string of the molecule is C[C@@H](Cc1c(F)c(F)cc(F)c1F)NC1=C(c2nc3cc4c(cc3[nH]2)CN(CCN2CCCC2)C4=O)C(=O)CC=C1. The summed E-state index contributed by atoms with van der Waals surface area (Å²) in [6, 6.07) is 3.11. The Bertz CT molecular complexity index is 1600. The number of benzene rings is 2. The maximum Gasteiger partial charge on any atom is 0.254 e. The summed E-state index contributed by atoms with van der Waals surface area (Å²) in [5, 5.41) is 3.05. The van der Waals surface area contributed by atoms with Gasteiger partial charge < -0.3 is 20.1 Å². The van der Waals surface area contributed by atoms with Crippen molar-refractivity contribution < 1.29 is 27.2 Å². The number of fused-ring (bicyclic) bond motifs is 2. The fraction of sp³-hybridized carbons (Fsp3) is 0.367. The number of ketones is 1. The molecule has 3 heterocycles. The molecule has 1 aromatic heterocycles. The zero-order chi connectivity index (χ0) is 28.8. The third-order valence-electron chi connectivity index (χ3n) is 7.96. The zero-order valence-corrected chi connectivity index (χ0v) is 22.5. The summed E-state index contributed by atoms with van der Waals surface area (Å²) in [5.74, 6) is -5.81. The molecule has 0 bridgehead atoms. The van der Waals surface area contributed by atoms with Crippen LogP contribution in [0, 0.1) is 23.3 Å². The molecule has 1 fully saturated rings. The number of rotatable bonds is 8. The van der Waals surface area contributed by atoms with Crippen molar-refractivity contribution in [2.45, 2.75) is 45.2 Å². The van der Waals surface area contributed by atoms with Gasteiger partial charge in [-0.15, -0.1) is 0 Å². The molecule has 214 valence electrons. The van der Waals surface area contributed by atoms with E-state index in [1.807, 2.05) is 11.0 Å². The van der Waals surface area contributed by atoms with E-state index in [4.69, 9.17) is 0 Å². The fourth-order valence-corrected chi connectivity index (χ4v) is 5.87. The van der Waals surface area contributed by atoms with Crippen molar-refractivity contribution in [2.24, 2.45) is 0 Å². The first-order chi connectivity index (χ1) is 19.7. The van der Waals surface area contributed by atoms with Crippen LogP contribution in [-0.2, 0) is 17.8 Å². The third kappa shape index (κ3) is 5.14. The van der Waals surface area contributed by atoms with Crippen LogP contribution in [0.15, 0.2) is 36.0 Å². The average molecular weight is 568 g/mol. The van der Waals surface area contributed by atoms with E-state index in [0.717, 1.165) is 25.2 Å². The molecule has 1 atom stereocenters. The van der Waals surface area contributed by atoms with E-state index in [2.05, 4.69) is 20.2 Å². The Kier molecular flexibility index (Phi) is 7.14. The minimum atomic E-state index is -1.47. The van der Waals surface area contributed by atoms with Gasteiger partial charge in [-0.05, 0) is 63.0 Å². The van der Waals surface area contributed by atoms with Crippen LogP contribution in [0.1, 0.15) is 53.5 Å². The molecule has 1 aliphatic carbocycles. The van der Waals surface area contributed by atoms with Gasteiger partial charge in [-0.1, -0.05) is 6.08 Å². The van der Waals surface area contributed by atoms with E-state index >= 15 is 0 Å². The van der Waals surface area contributed by atoms with Gasteiger partial charge in [-0.25, -0.2) is 22.5 Å². The summed E-state index contributed by atoms with van der Waals surface area (Å²) in [6.07, 6.45) is 5.47. The predicted molar refractivity (Wildman–Crippen MR) is 145 cm³/mol. The molecule has 1 amide bonds. The Morgan fingerprint density at radius 2 is 1.76 bits per heavy atom. The Labute approximate surface area is 233 Å². The molecule has 0 radical (unpaired) electrons. The first-order valence-electron chi connectivity index (χ1n) is 13.8. The average Bonchev–Trinajstić information content (AvgIpc) is 3.67. The molecule has 3 aromatic rings. The van der Waals surface area contributed by atoms with Gasteiger partial charge in [0, 0.05) is 55.0 Å². The summed E-state index contributed by atoms with van der Waals surface area (Å²) in [7, 11) is 0. The molecule has 41 heavy (non-hydrogen) atoms. The number of halogens is 4. The number of H-pyrrole nitrogens is 1. The van der Waals surface area contributed by atoms with Crippen molar-refractivity contribution in [1.29, 1.82) is 0 Å². The molecular formula is C30H29F4N5O2. The van der Waals surface area contributed by atoms with Gasteiger partial charge in [-0.2, -0.15) is 0 Å². The molecule has 7 nitrogen and oxygen atoms in total. The maximum atomic E-state index is 14.2. The quantitative estimate of drug-likeness (QED) is 0.307. The highest BCUT2D eigenvalue weighted by atomic mass is 19.2. The number of imidazole rings is 1. The van der Waals surface area contributed by atoms with Crippen molar-refractivity contribution in [3.05, 3.63) is 81.8 Å². The van der Waals surface area contributed by atoms with Crippen LogP contribution in [0.5, 0.6) is 0 Å². The van der Waals surface area contributed by atoms with Crippen molar-refractivity contribution in [3.8, 4) is 0 Å². The number of nitrogens with zero attached hydrogens (tertiary/aromatic N) is 3. The minimum Gasteiger partial charge on any atom is -0.382 e. The molecule has 2 aliphatic heterocycles. The number of aromatic nitrogens is 2. The van der Waals surface area contributed by atoms with E-state index in [0.29, 0.717) is 41.2 Å². The van der Waals surface area contributed by atoms with E-state index in [-0.39, 0.29) is 36.2 Å².